The second kappa shape index (κ2) is 5.26. The van der Waals surface area contributed by atoms with Crippen LogP contribution in [0.25, 0.3) is 0 Å². The molecule has 0 unspecified atom stereocenters. The zero-order chi connectivity index (χ0) is 15.6. The molecule has 0 fully saturated rings. The third-order valence-corrected chi connectivity index (χ3v) is 3.66. The smallest absolute Gasteiger partial charge is 0.371 e. The monoisotopic (exact) mass is 310 g/mol. The maximum Gasteiger partial charge on any atom is 0.371 e. The van der Waals surface area contributed by atoms with Crippen molar-refractivity contribution < 1.29 is 27.1 Å². The number of carboxylic acid groups (broad SMARTS) is 1. The number of carbonyl (C=O) groups is 1. The minimum absolute atomic E-state index is 0.272. The predicted molar refractivity (Wildman–Crippen MR) is 67.6 cm³/mol. The topological polar surface area (TPSA) is 120 Å². The van der Waals surface area contributed by atoms with E-state index in [1.165, 1.54) is 18.2 Å². The maximum atomic E-state index is 13.4. The highest BCUT2D eigenvalue weighted by molar-refractivity contribution is 7.92. The molecule has 1 aromatic carbocycles. The molecular formula is C12H7FN2O5S. The number of rotatable bonds is 4. The third kappa shape index (κ3) is 2.85. The Balaban J connectivity index is 2.40. The number of aromatic carboxylic acids is 1. The Morgan fingerprint density at radius 2 is 2.05 bits per heavy atom. The van der Waals surface area contributed by atoms with Crippen LogP contribution < -0.4 is 4.72 Å². The van der Waals surface area contributed by atoms with E-state index >= 15 is 0 Å². The fraction of sp³-hybridized carbons (Fsp3) is 0. The largest absolute Gasteiger partial charge is 0.475 e. The van der Waals surface area contributed by atoms with Gasteiger partial charge in [-0.2, -0.15) is 13.7 Å². The van der Waals surface area contributed by atoms with E-state index in [2.05, 4.69) is 4.42 Å². The maximum absolute atomic E-state index is 13.4. The van der Waals surface area contributed by atoms with Crippen molar-refractivity contribution >= 4 is 21.7 Å². The number of hydrogen-bond donors (Lipinski definition) is 2. The van der Waals surface area contributed by atoms with Crippen LogP contribution in [0.1, 0.15) is 16.1 Å². The summed E-state index contributed by atoms with van der Waals surface area (Å²) in [7, 11) is -4.27. The van der Waals surface area contributed by atoms with E-state index in [0.717, 1.165) is 18.2 Å². The molecule has 0 radical (unpaired) electrons. The molecular weight excluding hydrogens is 303 g/mol. The first-order valence-electron chi connectivity index (χ1n) is 5.39. The Morgan fingerprint density at radius 1 is 1.33 bits per heavy atom. The van der Waals surface area contributed by atoms with Crippen molar-refractivity contribution in [2.45, 2.75) is 5.09 Å². The van der Waals surface area contributed by atoms with Crippen molar-refractivity contribution in [3.05, 3.63) is 47.5 Å². The fourth-order valence-corrected chi connectivity index (χ4v) is 2.50. The first-order chi connectivity index (χ1) is 9.85. The summed E-state index contributed by atoms with van der Waals surface area (Å²) in [5.41, 5.74) is -0.753. The molecule has 0 saturated heterocycles. The normalized spacial score (nSPS) is 10.9. The number of nitrogens with one attached hydrogen (secondary N) is 1. The van der Waals surface area contributed by atoms with Gasteiger partial charge in [0.25, 0.3) is 10.0 Å². The molecule has 9 heteroatoms. The van der Waals surface area contributed by atoms with E-state index in [1.54, 1.807) is 0 Å². The lowest BCUT2D eigenvalue weighted by Crippen LogP contribution is -2.13. The number of carboxylic acids is 1. The summed E-state index contributed by atoms with van der Waals surface area (Å²) >= 11 is 0. The molecule has 0 amide bonds. The second-order valence-electron chi connectivity index (χ2n) is 3.80. The van der Waals surface area contributed by atoms with Crippen molar-refractivity contribution in [2.24, 2.45) is 0 Å². The van der Waals surface area contributed by atoms with Gasteiger partial charge < -0.3 is 9.52 Å². The summed E-state index contributed by atoms with van der Waals surface area (Å²) in [6.07, 6.45) is 0. The summed E-state index contributed by atoms with van der Waals surface area (Å²) in [6.45, 7) is 0. The summed E-state index contributed by atoms with van der Waals surface area (Å²) in [5.74, 6) is -2.88. The quantitative estimate of drug-likeness (QED) is 0.888. The van der Waals surface area contributed by atoms with Gasteiger partial charge in [0.2, 0.25) is 10.9 Å². The number of anilines is 1. The molecule has 2 rings (SSSR count). The highest BCUT2D eigenvalue weighted by Gasteiger charge is 2.22. The van der Waals surface area contributed by atoms with Crippen molar-refractivity contribution in [1.29, 1.82) is 5.26 Å². The number of sulfonamides is 1. The first-order valence-corrected chi connectivity index (χ1v) is 6.88. The van der Waals surface area contributed by atoms with Gasteiger partial charge >= 0.3 is 5.97 Å². The van der Waals surface area contributed by atoms with Crippen molar-refractivity contribution in [3.63, 3.8) is 0 Å². The van der Waals surface area contributed by atoms with Gasteiger partial charge in [-0.15, -0.1) is 0 Å². The molecule has 0 bridgehead atoms. The van der Waals surface area contributed by atoms with Crippen molar-refractivity contribution in [1.82, 2.24) is 0 Å². The molecule has 0 aliphatic heterocycles. The van der Waals surface area contributed by atoms with Crippen LogP contribution in [0.2, 0.25) is 0 Å². The van der Waals surface area contributed by atoms with E-state index in [1.807, 2.05) is 4.72 Å². The standard InChI is InChI=1S/C12H7FN2O5S/c13-8-2-1-3-9(7(8)6-14)15-21(18,19)11-5-4-10(20-11)12(16)17/h1-5,15H,(H,16,17). The molecule has 0 spiro atoms. The van der Waals surface area contributed by atoms with Gasteiger partial charge in [-0.25, -0.2) is 9.18 Å². The lowest BCUT2D eigenvalue weighted by atomic mass is 10.2. The van der Waals surface area contributed by atoms with Crippen molar-refractivity contribution in [2.75, 3.05) is 4.72 Å². The Kier molecular flexibility index (Phi) is 3.64. The number of benzene rings is 1. The second-order valence-corrected chi connectivity index (χ2v) is 5.42. The Hall–Kier alpha value is -2.86. The molecule has 0 atom stereocenters. The van der Waals surface area contributed by atoms with Crippen LogP contribution in [0.15, 0.2) is 39.8 Å². The summed E-state index contributed by atoms with van der Waals surface area (Å²) < 4.78 is 44.0. The van der Waals surface area contributed by atoms with Gasteiger partial charge in [0, 0.05) is 0 Å². The van der Waals surface area contributed by atoms with E-state index in [-0.39, 0.29) is 5.69 Å². The van der Waals surface area contributed by atoms with Crippen LogP contribution in [0.5, 0.6) is 0 Å². The van der Waals surface area contributed by atoms with Crippen LogP contribution in [0.3, 0.4) is 0 Å². The molecule has 21 heavy (non-hydrogen) atoms. The minimum Gasteiger partial charge on any atom is -0.475 e. The van der Waals surface area contributed by atoms with Gasteiger partial charge in [-0.3, -0.25) is 4.72 Å². The number of nitriles is 1. The average Bonchev–Trinajstić information content (AvgIpc) is 2.89. The molecule has 2 N–H and O–H groups in total. The molecule has 2 aromatic rings. The highest BCUT2D eigenvalue weighted by Crippen LogP contribution is 2.22. The highest BCUT2D eigenvalue weighted by atomic mass is 32.2. The lowest BCUT2D eigenvalue weighted by Gasteiger charge is -2.07. The molecule has 108 valence electrons. The van der Waals surface area contributed by atoms with Crippen LogP contribution in [0, 0.1) is 17.1 Å². The molecule has 7 nitrogen and oxygen atoms in total. The van der Waals surface area contributed by atoms with Gasteiger partial charge in [-0.1, -0.05) is 6.07 Å². The number of nitrogens with zero attached hydrogens (tertiary/aromatic N) is 1. The van der Waals surface area contributed by atoms with Gasteiger partial charge in [0.1, 0.15) is 17.4 Å². The SMILES string of the molecule is N#Cc1c(F)cccc1NS(=O)(=O)c1ccc(C(=O)O)o1. The zero-order valence-electron chi connectivity index (χ0n) is 10.2. The first kappa shape index (κ1) is 14.5. The van der Waals surface area contributed by atoms with Crippen LogP contribution in [-0.4, -0.2) is 19.5 Å². The molecule has 0 aliphatic carbocycles. The van der Waals surface area contributed by atoms with Gasteiger partial charge in [0.15, 0.2) is 0 Å². The Morgan fingerprint density at radius 3 is 2.62 bits per heavy atom. The van der Waals surface area contributed by atoms with Crippen LogP contribution in [-0.2, 0) is 10.0 Å². The molecule has 0 aliphatic rings. The van der Waals surface area contributed by atoms with E-state index in [0.29, 0.717) is 0 Å². The zero-order valence-corrected chi connectivity index (χ0v) is 11.0. The van der Waals surface area contributed by atoms with Crippen LogP contribution >= 0.6 is 0 Å². The molecule has 1 heterocycles. The van der Waals surface area contributed by atoms with Gasteiger partial charge in [-0.05, 0) is 24.3 Å². The summed E-state index contributed by atoms with van der Waals surface area (Å²) in [4.78, 5) is 10.6. The average molecular weight is 310 g/mol. The summed E-state index contributed by atoms with van der Waals surface area (Å²) in [6, 6.07) is 6.86. The Bertz CT molecular complexity index is 851. The van der Waals surface area contributed by atoms with Crippen molar-refractivity contribution in [3.8, 4) is 6.07 Å². The minimum atomic E-state index is -4.27. The van der Waals surface area contributed by atoms with Crippen LogP contribution in [0.4, 0.5) is 10.1 Å². The number of hydrogen-bond acceptors (Lipinski definition) is 5. The van der Waals surface area contributed by atoms with E-state index < -0.39 is 38.2 Å². The van der Waals surface area contributed by atoms with E-state index in [4.69, 9.17) is 10.4 Å². The fourth-order valence-electron chi connectivity index (χ4n) is 1.50. The lowest BCUT2D eigenvalue weighted by molar-refractivity contribution is 0.0656. The van der Waals surface area contributed by atoms with Gasteiger partial charge in [0.05, 0.1) is 5.69 Å². The third-order valence-electron chi connectivity index (χ3n) is 2.43. The molecule has 0 saturated carbocycles. The number of halogens is 1. The summed E-state index contributed by atoms with van der Waals surface area (Å²) in [5, 5.41) is 16.8. The number of furan rings is 1. The van der Waals surface area contributed by atoms with E-state index in [9.17, 15) is 17.6 Å². The predicted octanol–water partition coefficient (Wildman–Crippen LogP) is 1.79. The Labute approximate surface area is 118 Å². The molecule has 1 aromatic heterocycles.